The minimum absolute atomic E-state index is 0.0431. The van der Waals surface area contributed by atoms with Crippen molar-refractivity contribution in [3.05, 3.63) is 35.9 Å². The zero-order chi connectivity index (χ0) is 13.3. The largest absolute Gasteiger partial charge is 0.395 e. The van der Waals surface area contributed by atoms with Gasteiger partial charge in [0.05, 0.1) is 13.2 Å². The molecule has 3 unspecified atom stereocenters. The lowest BCUT2D eigenvalue weighted by molar-refractivity contribution is 0.0847. The van der Waals surface area contributed by atoms with E-state index in [-0.39, 0.29) is 13.2 Å². The SMILES string of the molecule is OCC(CO)(CC1CC2CCC1C2)c1ccccc1. The van der Waals surface area contributed by atoms with Crippen LogP contribution in [-0.4, -0.2) is 23.4 Å². The molecule has 3 atom stereocenters. The number of benzene rings is 1. The molecule has 2 saturated carbocycles. The molecule has 1 aromatic carbocycles. The maximum absolute atomic E-state index is 9.90. The van der Waals surface area contributed by atoms with Crippen molar-refractivity contribution in [2.75, 3.05) is 13.2 Å². The van der Waals surface area contributed by atoms with Crippen LogP contribution in [0.25, 0.3) is 0 Å². The summed E-state index contributed by atoms with van der Waals surface area (Å²) in [5, 5.41) is 19.8. The normalized spacial score (nSPS) is 29.9. The second-order valence-electron chi connectivity index (χ2n) is 6.60. The predicted octanol–water partition coefficient (Wildman–Crippen LogP) is 2.74. The van der Waals surface area contributed by atoms with Crippen molar-refractivity contribution in [2.24, 2.45) is 17.8 Å². The quantitative estimate of drug-likeness (QED) is 0.854. The highest BCUT2D eigenvalue weighted by atomic mass is 16.3. The Labute approximate surface area is 115 Å². The topological polar surface area (TPSA) is 40.5 Å². The van der Waals surface area contributed by atoms with E-state index in [1.54, 1.807) is 0 Å². The van der Waals surface area contributed by atoms with Gasteiger partial charge in [0.25, 0.3) is 0 Å². The first-order valence-corrected chi connectivity index (χ1v) is 7.54. The van der Waals surface area contributed by atoms with Crippen LogP contribution in [0.2, 0.25) is 0 Å². The molecule has 2 bridgehead atoms. The number of aliphatic hydroxyl groups excluding tert-OH is 2. The van der Waals surface area contributed by atoms with Crippen molar-refractivity contribution in [1.82, 2.24) is 0 Å². The average molecular weight is 260 g/mol. The van der Waals surface area contributed by atoms with Crippen LogP contribution in [0, 0.1) is 17.8 Å². The highest BCUT2D eigenvalue weighted by Gasteiger charge is 2.44. The maximum atomic E-state index is 9.90. The van der Waals surface area contributed by atoms with Gasteiger partial charge in [-0.1, -0.05) is 36.8 Å². The first-order chi connectivity index (χ1) is 9.27. The zero-order valence-corrected chi connectivity index (χ0v) is 11.5. The molecule has 0 spiro atoms. The fourth-order valence-corrected chi connectivity index (χ4v) is 4.40. The van der Waals surface area contributed by atoms with Gasteiger partial charge in [0.1, 0.15) is 0 Å². The van der Waals surface area contributed by atoms with E-state index >= 15 is 0 Å². The van der Waals surface area contributed by atoms with Crippen LogP contribution in [0.3, 0.4) is 0 Å². The van der Waals surface area contributed by atoms with Gasteiger partial charge in [0, 0.05) is 5.41 Å². The summed E-state index contributed by atoms with van der Waals surface area (Å²) >= 11 is 0. The minimum Gasteiger partial charge on any atom is -0.395 e. The Bertz CT molecular complexity index is 411. The Morgan fingerprint density at radius 1 is 1.00 bits per heavy atom. The molecule has 2 N–H and O–H groups in total. The second kappa shape index (κ2) is 5.26. The molecule has 0 aliphatic heterocycles. The van der Waals surface area contributed by atoms with Gasteiger partial charge in [-0.15, -0.1) is 0 Å². The number of hydrogen-bond donors (Lipinski definition) is 2. The van der Waals surface area contributed by atoms with E-state index in [0.29, 0.717) is 5.92 Å². The van der Waals surface area contributed by atoms with Crippen LogP contribution in [0.4, 0.5) is 0 Å². The van der Waals surface area contributed by atoms with Gasteiger partial charge >= 0.3 is 0 Å². The molecular formula is C17H24O2. The molecule has 104 valence electrons. The standard InChI is InChI=1S/C17H24O2/c18-11-17(12-19,16-4-2-1-3-5-16)10-15-9-13-6-7-14(15)8-13/h1-5,13-15,18-19H,6-12H2. The van der Waals surface area contributed by atoms with Crippen LogP contribution >= 0.6 is 0 Å². The lowest BCUT2D eigenvalue weighted by Gasteiger charge is -2.35. The summed E-state index contributed by atoms with van der Waals surface area (Å²) in [4.78, 5) is 0. The Kier molecular flexibility index (Phi) is 3.64. The molecule has 19 heavy (non-hydrogen) atoms. The monoisotopic (exact) mass is 260 g/mol. The third-order valence-electron chi connectivity index (χ3n) is 5.53. The zero-order valence-electron chi connectivity index (χ0n) is 11.5. The summed E-state index contributed by atoms with van der Waals surface area (Å²) in [7, 11) is 0. The van der Waals surface area contributed by atoms with Crippen molar-refractivity contribution < 1.29 is 10.2 Å². The molecule has 1 aromatic rings. The summed E-state index contributed by atoms with van der Waals surface area (Å²) in [6.07, 6.45) is 6.38. The molecule has 0 saturated heterocycles. The van der Waals surface area contributed by atoms with Crippen LogP contribution in [0.5, 0.6) is 0 Å². The van der Waals surface area contributed by atoms with Gasteiger partial charge in [-0.3, -0.25) is 0 Å². The van der Waals surface area contributed by atoms with Crippen LogP contribution < -0.4 is 0 Å². The minimum atomic E-state index is -0.448. The van der Waals surface area contributed by atoms with E-state index in [9.17, 15) is 10.2 Å². The van der Waals surface area contributed by atoms with E-state index in [2.05, 4.69) is 0 Å². The number of fused-ring (bicyclic) bond motifs is 2. The lowest BCUT2D eigenvalue weighted by atomic mass is 9.71. The summed E-state index contributed by atoms with van der Waals surface area (Å²) in [6.45, 7) is 0.0861. The first-order valence-electron chi connectivity index (χ1n) is 7.54. The Morgan fingerprint density at radius 2 is 1.74 bits per heavy atom. The van der Waals surface area contributed by atoms with Gasteiger partial charge in [0.2, 0.25) is 0 Å². The van der Waals surface area contributed by atoms with Crippen molar-refractivity contribution in [3.8, 4) is 0 Å². The van der Waals surface area contributed by atoms with Crippen molar-refractivity contribution in [2.45, 2.75) is 37.5 Å². The van der Waals surface area contributed by atoms with E-state index in [1.165, 1.54) is 25.7 Å². The van der Waals surface area contributed by atoms with E-state index in [4.69, 9.17) is 0 Å². The summed E-state index contributed by atoms with van der Waals surface area (Å²) < 4.78 is 0. The number of rotatable bonds is 5. The molecule has 2 aliphatic carbocycles. The smallest absolute Gasteiger partial charge is 0.0550 e. The molecule has 0 heterocycles. The van der Waals surface area contributed by atoms with E-state index in [1.807, 2.05) is 30.3 Å². The summed E-state index contributed by atoms with van der Waals surface area (Å²) in [5.74, 6) is 2.45. The Morgan fingerprint density at radius 3 is 2.26 bits per heavy atom. The van der Waals surface area contributed by atoms with Crippen molar-refractivity contribution in [3.63, 3.8) is 0 Å². The molecule has 2 heteroatoms. The Hall–Kier alpha value is -0.860. The van der Waals surface area contributed by atoms with E-state index < -0.39 is 5.41 Å². The molecule has 0 aromatic heterocycles. The van der Waals surface area contributed by atoms with Gasteiger partial charge in [-0.25, -0.2) is 0 Å². The number of hydrogen-bond acceptors (Lipinski definition) is 2. The van der Waals surface area contributed by atoms with Crippen molar-refractivity contribution in [1.29, 1.82) is 0 Å². The first kappa shape index (κ1) is 13.1. The highest BCUT2D eigenvalue weighted by Crippen LogP contribution is 2.52. The van der Waals surface area contributed by atoms with Gasteiger partial charge < -0.3 is 10.2 Å². The second-order valence-corrected chi connectivity index (χ2v) is 6.60. The van der Waals surface area contributed by atoms with Crippen LogP contribution in [0.15, 0.2) is 30.3 Å². The molecule has 2 nitrogen and oxygen atoms in total. The highest BCUT2D eigenvalue weighted by molar-refractivity contribution is 5.26. The fourth-order valence-electron chi connectivity index (χ4n) is 4.40. The van der Waals surface area contributed by atoms with Crippen molar-refractivity contribution >= 4 is 0 Å². The molecular weight excluding hydrogens is 236 g/mol. The molecule has 0 amide bonds. The summed E-state index contributed by atoms with van der Waals surface area (Å²) in [5.41, 5.74) is 0.638. The molecule has 2 aliphatic rings. The molecule has 3 rings (SSSR count). The third kappa shape index (κ3) is 2.32. The van der Waals surface area contributed by atoms with Gasteiger partial charge in [0.15, 0.2) is 0 Å². The number of aliphatic hydroxyl groups is 2. The molecule has 2 fully saturated rings. The third-order valence-corrected chi connectivity index (χ3v) is 5.53. The Balaban J connectivity index is 1.81. The van der Waals surface area contributed by atoms with Gasteiger partial charge in [-0.05, 0) is 49.0 Å². The predicted molar refractivity (Wildman–Crippen MR) is 75.8 cm³/mol. The maximum Gasteiger partial charge on any atom is 0.0550 e. The van der Waals surface area contributed by atoms with E-state index in [0.717, 1.165) is 23.8 Å². The molecule has 0 radical (unpaired) electrons. The summed E-state index contributed by atoms with van der Waals surface area (Å²) in [6, 6.07) is 10.1. The fraction of sp³-hybridized carbons (Fsp3) is 0.647. The van der Waals surface area contributed by atoms with Crippen LogP contribution in [0.1, 0.15) is 37.7 Å². The average Bonchev–Trinajstić information content (AvgIpc) is 3.08. The van der Waals surface area contributed by atoms with Crippen LogP contribution in [-0.2, 0) is 5.41 Å². The van der Waals surface area contributed by atoms with Gasteiger partial charge in [-0.2, -0.15) is 0 Å². The lowest BCUT2D eigenvalue weighted by Crippen LogP contribution is -2.38.